The van der Waals surface area contributed by atoms with E-state index >= 15 is 0 Å². The van der Waals surface area contributed by atoms with E-state index in [9.17, 15) is 4.39 Å². The fourth-order valence-corrected chi connectivity index (χ4v) is 2.52. The van der Waals surface area contributed by atoms with Gasteiger partial charge in [0.15, 0.2) is 0 Å². The molecule has 0 unspecified atom stereocenters. The lowest BCUT2D eigenvalue weighted by Crippen LogP contribution is -1.89. The molecule has 0 nitrogen and oxygen atoms in total. The van der Waals surface area contributed by atoms with E-state index in [-0.39, 0.29) is 5.82 Å². The molecule has 4 heteroatoms. The summed E-state index contributed by atoms with van der Waals surface area (Å²) in [6, 6.07) is 9.96. The van der Waals surface area contributed by atoms with Crippen molar-refractivity contribution in [1.82, 2.24) is 0 Å². The first-order chi connectivity index (χ1) is 8.13. The maximum absolute atomic E-state index is 13.3. The van der Waals surface area contributed by atoms with Crippen molar-refractivity contribution in [3.8, 4) is 11.1 Å². The van der Waals surface area contributed by atoms with Gasteiger partial charge in [0.05, 0.1) is 10.0 Å². The van der Waals surface area contributed by atoms with Crippen LogP contribution in [0, 0.1) is 5.82 Å². The zero-order valence-corrected chi connectivity index (χ0v) is 11.8. The Kier molecular flexibility index (Phi) is 4.08. The van der Waals surface area contributed by atoms with E-state index in [4.69, 9.17) is 23.2 Å². The van der Waals surface area contributed by atoms with Crippen LogP contribution in [0.15, 0.2) is 36.4 Å². The second-order valence-corrected chi connectivity index (χ2v) is 4.88. The van der Waals surface area contributed by atoms with Crippen LogP contribution >= 0.6 is 39.1 Å². The predicted molar refractivity (Wildman–Crippen MR) is 74.5 cm³/mol. The lowest BCUT2D eigenvalue weighted by molar-refractivity contribution is 0.628. The fraction of sp³-hybridized carbons (Fsp3) is 0.0769. The lowest BCUT2D eigenvalue weighted by atomic mass is 10.0. The van der Waals surface area contributed by atoms with E-state index in [1.807, 2.05) is 6.07 Å². The van der Waals surface area contributed by atoms with Gasteiger partial charge in [-0.25, -0.2) is 4.39 Å². The molecule has 0 saturated heterocycles. The smallest absolute Gasteiger partial charge is 0.123 e. The summed E-state index contributed by atoms with van der Waals surface area (Å²) in [4.78, 5) is 0. The summed E-state index contributed by atoms with van der Waals surface area (Å²) >= 11 is 15.5. The summed E-state index contributed by atoms with van der Waals surface area (Å²) in [5.41, 5.74) is 2.47. The van der Waals surface area contributed by atoms with Crippen LogP contribution in [0.5, 0.6) is 0 Å². The minimum absolute atomic E-state index is 0.291. The SMILES string of the molecule is Fc1ccc(CBr)c(-c2cccc(Cl)c2Cl)c1. The quantitative estimate of drug-likeness (QED) is 0.619. The third-order valence-electron chi connectivity index (χ3n) is 2.46. The Labute approximate surface area is 117 Å². The maximum Gasteiger partial charge on any atom is 0.123 e. The largest absolute Gasteiger partial charge is 0.207 e. The Bertz CT molecular complexity index is 555. The molecule has 2 rings (SSSR count). The molecule has 0 aliphatic carbocycles. The van der Waals surface area contributed by atoms with Crippen molar-refractivity contribution in [3.05, 3.63) is 57.8 Å². The van der Waals surface area contributed by atoms with E-state index < -0.39 is 0 Å². The molecule has 0 bridgehead atoms. The summed E-state index contributed by atoms with van der Waals surface area (Å²) in [5, 5.41) is 1.54. The highest BCUT2D eigenvalue weighted by atomic mass is 79.9. The molecular formula is C13H8BrCl2F. The first kappa shape index (κ1) is 12.9. The standard InChI is InChI=1S/C13H8BrCl2F/c14-7-8-4-5-9(17)6-11(8)10-2-1-3-12(15)13(10)16/h1-6H,7H2. The van der Waals surface area contributed by atoms with Gasteiger partial charge >= 0.3 is 0 Å². The summed E-state index contributed by atoms with van der Waals surface area (Å²) in [7, 11) is 0. The molecule has 0 amide bonds. The topological polar surface area (TPSA) is 0 Å². The van der Waals surface area contributed by atoms with Gasteiger partial charge in [-0.05, 0) is 29.3 Å². The van der Waals surface area contributed by atoms with Gasteiger partial charge < -0.3 is 0 Å². The van der Waals surface area contributed by atoms with Crippen molar-refractivity contribution in [3.63, 3.8) is 0 Å². The molecule has 0 aromatic heterocycles. The molecule has 0 radical (unpaired) electrons. The Morgan fingerprint density at radius 2 is 1.82 bits per heavy atom. The number of alkyl halides is 1. The van der Waals surface area contributed by atoms with Crippen molar-refractivity contribution in [2.45, 2.75) is 5.33 Å². The molecule has 17 heavy (non-hydrogen) atoms. The van der Waals surface area contributed by atoms with Gasteiger partial charge in [0, 0.05) is 10.9 Å². The summed E-state index contributed by atoms with van der Waals surface area (Å²) in [6.07, 6.45) is 0. The van der Waals surface area contributed by atoms with Gasteiger partial charge in [0.25, 0.3) is 0 Å². The molecule has 88 valence electrons. The summed E-state index contributed by atoms with van der Waals surface area (Å²) < 4.78 is 13.3. The van der Waals surface area contributed by atoms with Crippen molar-refractivity contribution in [1.29, 1.82) is 0 Å². The predicted octanol–water partition coefficient (Wildman–Crippen LogP) is 5.69. The maximum atomic E-state index is 13.3. The number of rotatable bonds is 2. The minimum atomic E-state index is -0.291. The molecule has 0 saturated carbocycles. The van der Waals surface area contributed by atoms with Crippen LogP contribution in [-0.4, -0.2) is 0 Å². The van der Waals surface area contributed by atoms with E-state index in [2.05, 4.69) is 15.9 Å². The average Bonchev–Trinajstić information content (AvgIpc) is 2.33. The highest BCUT2D eigenvalue weighted by Crippen LogP contribution is 2.36. The molecule has 0 fully saturated rings. The van der Waals surface area contributed by atoms with Crippen molar-refractivity contribution >= 4 is 39.1 Å². The zero-order valence-electron chi connectivity index (χ0n) is 8.68. The fourth-order valence-electron chi connectivity index (χ4n) is 1.63. The highest BCUT2D eigenvalue weighted by molar-refractivity contribution is 9.08. The summed E-state index contributed by atoms with van der Waals surface area (Å²) in [5.74, 6) is -0.291. The Balaban J connectivity index is 2.67. The molecule has 0 N–H and O–H groups in total. The van der Waals surface area contributed by atoms with Crippen LogP contribution in [0.4, 0.5) is 4.39 Å². The third kappa shape index (κ3) is 2.65. The van der Waals surface area contributed by atoms with Gasteiger partial charge in [-0.3, -0.25) is 0 Å². The van der Waals surface area contributed by atoms with Gasteiger partial charge in [0.1, 0.15) is 5.82 Å². The Morgan fingerprint density at radius 1 is 1.06 bits per heavy atom. The van der Waals surface area contributed by atoms with Crippen LogP contribution in [-0.2, 0) is 5.33 Å². The highest BCUT2D eigenvalue weighted by Gasteiger charge is 2.11. The molecule has 0 aliphatic heterocycles. The normalized spacial score (nSPS) is 10.6. The van der Waals surface area contributed by atoms with Crippen LogP contribution in [0.1, 0.15) is 5.56 Å². The second kappa shape index (κ2) is 5.38. The molecule has 0 heterocycles. The van der Waals surface area contributed by atoms with Gasteiger partial charge in [-0.1, -0.05) is 57.3 Å². The molecule has 2 aromatic rings. The van der Waals surface area contributed by atoms with Crippen molar-refractivity contribution in [2.24, 2.45) is 0 Å². The van der Waals surface area contributed by atoms with Crippen LogP contribution < -0.4 is 0 Å². The first-order valence-corrected chi connectivity index (χ1v) is 6.80. The number of hydrogen-bond acceptors (Lipinski definition) is 0. The van der Waals surface area contributed by atoms with Crippen LogP contribution in [0.25, 0.3) is 11.1 Å². The molecular weight excluding hydrogens is 326 g/mol. The van der Waals surface area contributed by atoms with Gasteiger partial charge in [0.2, 0.25) is 0 Å². The summed E-state index contributed by atoms with van der Waals surface area (Å²) in [6.45, 7) is 0. The van der Waals surface area contributed by atoms with Crippen molar-refractivity contribution < 1.29 is 4.39 Å². The monoisotopic (exact) mass is 332 g/mol. The molecule has 0 aliphatic rings. The second-order valence-electron chi connectivity index (χ2n) is 3.54. The van der Waals surface area contributed by atoms with E-state index in [1.54, 1.807) is 18.2 Å². The van der Waals surface area contributed by atoms with Crippen LogP contribution in [0.3, 0.4) is 0 Å². The van der Waals surface area contributed by atoms with E-state index in [0.717, 1.165) is 16.7 Å². The van der Waals surface area contributed by atoms with Crippen LogP contribution in [0.2, 0.25) is 10.0 Å². The van der Waals surface area contributed by atoms with E-state index in [0.29, 0.717) is 15.4 Å². The molecule has 0 atom stereocenters. The lowest BCUT2D eigenvalue weighted by Gasteiger charge is -2.10. The van der Waals surface area contributed by atoms with Gasteiger partial charge in [-0.15, -0.1) is 0 Å². The van der Waals surface area contributed by atoms with E-state index in [1.165, 1.54) is 12.1 Å². The Hall–Kier alpha value is -0.570. The third-order valence-corrected chi connectivity index (χ3v) is 3.88. The minimum Gasteiger partial charge on any atom is -0.207 e. The zero-order chi connectivity index (χ0) is 12.4. The van der Waals surface area contributed by atoms with Gasteiger partial charge in [-0.2, -0.15) is 0 Å². The molecule has 2 aromatic carbocycles. The number of halogens is 4. The number of benzene rings is 2. The average molecular weight is 334 g/mol. The first-order valence-electron chi connectivity index (χ1n) is 4.92. The molecule has 0 spiro atoms. The van der Waals surface area contributed by atoms with Crippen molar-refractivity contribution in [2.75, 3.05) is 0 Å². The Morgan fingerprint density at radius 3 is 2.53 bits per heavy atom. The number of hydrogen-bond donors (Lipinski definition) is 0.